The first-order valence-corrected chi connectivity index (χ1v) is 6.86. The zero-order chi connectivity index (χ0) is 13.0. The second-order valence-electron chi connectivity index (χ2n) is 5.32. The van der Waals surface area contributed by atoms with Gasteiger partial charge in [-0.15, -0.1) is 0 Å². The van der Waals surface area contributed by atoms with Gasteiger partial charge in [0.25, 0.3) is 0 Å². The van der Waals surface area contributed by atoms with Crippen molar-refractivity contribution in [3.63, 3.8) is 0 Å². The van der Waals surface area contributed by atoms with Gasteiger partial charge in [0.05, 0.1) is 0 Å². The van der Waals surface area contributed by atoms with Gasteiger partial charge in [0.15, 0.2) is 0 Å². The first-order valence-electron chi connectivity index (χ1n) is 6.86. The number of aryl methyl sites for hydroxylation is 1. The fourth-order valence-corrected chi connectivity index (χ4v) is 2.57. The number of benzene rings is 1. The lowest BCUT2D eigenvalue weighted by molar-refractivity contribution is 0.251. The average Bonchev–Trinajstić information content (AvgIpc) is 2.87. The maximum atomic E-state index is 13.5. The van der Waals surface area contributed by atoms with E-state index >= 15 is 0 Å². The largest absolute Gasteiger partial charge is 0.311 e. The minimum atomic E-state index is -0.109. The van der Waals surface area contributed by atoms with Crippen molar-refractivity contribution in [2.45, 2.75) is 39.3 Å². The van der Waals surface area contributed by atoms with E-state index in [1.165, 1.54) is 25.9 Å². The quantitative estimate of drug-likeness (QED) is 0.864. The smallest absolute Gasteiger partial charge is 0.127 e. The Morgan fingerprint density at radius 1 is 1.33 bits per heavy atom. The fourth-order valence-electron chi connectivity index (χ4n) is 2.57. The number of hydrogen-bond acceptors (Lipinski definition) is 2. The molecule has 1 aliphatic rings. The molecule has 0 aromatic heterocycles. The van der Waals surface area contributed by atoms with Crippen molar-refractivity contribution in [2.75, 3.05) is 19.6 Å². The molecule has 0 aliphatic carbocycles. The predicted molar refractivity (Wildman–Crippen MR) is 73.1 cm³/mol. The maximum absolute atomic E-state index is 13.5. The number of nitrogens with zero attached hydrogens (tertiary/aromatic N) is 1. The molecule has 2 rings (SSSR count). The molecule has 1 atom stereocenters. The van der Waals surface area contributed by atoms with E-state index in [-0.39, 0.29) is 5.82 Å². The van der Waals surface area contributed by atoms with Gasteiger partial charge in [-0.3, -0.25) is 4.90 Å². The van der Waals surface area contributed by atoms with Crippen LogP contribution in [0.1, 0.15) is 30.9 Å². The molecule has 18 heavy (non-hydrogen) atoms. The van der Waals surface area contributed by atoms with Crippen molar-refractivity contribution in [3.05, 3.63) is 35.1 Å². The van der Waals surface area contributed by atoms with Crippen LogP contribution in [0, 0.1) is 12.7 Å². The van der Waals surface area contributed by atoms with E-state index in [9.17, 15) is 4.39 Å². The predicted octanol–water partition coefficient (Wildman–Crippen LogP) is 2.71. The Morgan fingerprint density at radius 3 is 2.78 bits per heavy atom. The van der Waals surface area contributed by atoms with Crippen molar-refractivity contribution < 1.29 is 4.39 Å². The number of halogens is 1. The van der Waals surface area contributed by atoms with Gasteiger partial charge < -0.3 is 5.32 Å². The van der Waals surface area contributed by atoms with Crippen molar-refractivity contribution in [3.8, 4) is 0 Å². The Bertz CT molecular complexity index is 386. The van der Waals surface area contributed by atoms with Gasteiger partial charge in [0.1, 0.15) is 5.82 Å². The summed E-state index contributed by atoms with van der Waals surface area (Å²) in [5, 5.41) is 3.36. The van der Waals surface area contributed by atoms with E-state index in [2.05, 4.69) is 17.1 Å². The van der Waals surface area contributed by atoms with Crippen LogP contribution in [0.4, 0.5) is 4.39 Å². The molecule has 1 aromatic rings. The van der Waals surface area contributed by atoms with Crippen LogP contribution in [0.15, 0.2) is 18.2 Å². The molecule has 1 aliphatic heterocycles. The van der Waals surface area contributed by atoms with Gasteiger partial charge in [0.2, 0.25) is 0 Å². The van der Waals surface area contributed by atoms with E-state index in [0.29, 0.717) is 12.6 Å². The molecule has 2 nitrogen and oxygen atoms in total. The third-order valence-corrected chi connectivity index (χ3v) is 3.72. The molecule has 0 bridgehead atoms. The summed E-state index contributed by atoms with van der Waals surface area (Å²) < 4.78 is 13.5. The van der Waals surface area contributed by atoms with Gasteiger partial charge in [-0.1, -0.05) is 17.7 Å². The van der Waals surface area contributed by atoms with Crippen LogP contribution < -0.4 is 5.32 Å². The molecule has 0 saturated carbocycles. The van der Waals surface area contributed by atoms with Crippen molar-refractivity contribution in [1.82, 2.24) is 10.2 Å². The number of hydrogen-bond donors (Lipinski definition) is 1. The van der Waals surface area contributed by atoms with Crippen molar-refractivity contribution >= 4 is 0 Å². The SMILES string of the molecule is Cc1ccc(F)c(CNCC(C)N2CCCC2)c1. The van der Waals surface area contributed by atoms with Crippen molar-refractivity contribution in [2.24, 2.45) is 0 Å². The lowest BCUT2D eigenvalue weighted by Gasteiger charge is -2.24. The number of likely N-dealkylation sites (tertiary alicyclic amines) is 1. The second kappa shape index (κ2) is 6.30. The summed E-state index contributed by atoms with van der Waals surface area (Å²) in [5.41, 5.74) is 1.88. The summed E-state index contributed by atoms with van der Waals surface area (Å²) >= 11 is 0. The highest BCUT2D eigenvalue weighted by Crippen LogP contribution is 2.12. The van der Waals surface area contributed by atoms with E-state index in [0.717, 1.165) is 17.7 Å². The van der Waals surface area contributed by atoms with Crippen LogP contribution >= 0.6 is 0 Å². The normalized spacial score (nSPS) is 18.2. The van der Waals surface area contributed by atoms with Gasteiger partial charge in [-0.2, -0.15) is 0 Å². The first kappa shape index (κ1) is 13.5. The summed E-state index contributed by atoms with van der Waals surface area (Å²) in [6, 6.07) is 5.82. The lowest BCUT2D eigenvalue weighted by atomic mass is 10.1. The molecule has 1 heterocycles. The van der Waals surface area contributed by atoms with Crippen LogP contribution in [-0.2, 0) is 6.54 Å². The van der Waals surface area contributed by atoms with Gasteiger partial charge in [-0.05, 0) is 45.8 Å². The zero-order valence-electron chi connectivity index (χ0n) is 11.4. The lowest BCUT2D eigenvalue weighted by Crippen LogP contribution is -2.38. The summed E-state index contributed by atoms with van der Waals surface area (Å²) in [7, 11) is 0. The zero-order valence-corrected chi connectivity index (χ0v) is 11.4. The van der Waals surface area contributed by atoms with Gasteiger partial charge in [-0.25, -0.2) is 4.39 Å². The van der Waals surface area contributed by atoms with Crippen LogP contribution in [-0.4, -0.2) is 30.6 Å². The summed E-state index contributed by atoms with van der Waals surface area (Å²) in [6.45, 7) is 8.20. The summed E-state index contributed by atoms with van der Waals surface area (Å²) in [6.07, 6.45) is 2.63. The van der Waals surface area contributed by atoms with Crippen LogP contribution in [0.25, 0.3) is 0 Å². The Kier molecular flexibility index (Phi) is 4.72. The van der Waals surface area contributed by atoms with E-state index in [1.807, 2.05) is 19.1 Å². The first-order chi connectivity index (χ1) is 8.66. The monoisotopic (exact) mass is 250 g/mol. The minimum absolute atomic E-state index is 0.109. The van der Waals surface area contributed by atoms with Gasteiger partial charge in [0, 0.05) is 24.7 Å². The van der Waals surface area contributed by atoms with Crippen LogP contribution in [0.2, 0.25) is 0 Å². The molecule has 1 aromatic carbocycles. The van der Waals surface area contributed by atoms with E-state index in [4.69, 9.17) is 0 Å². The number of rotatable bonds is 5. The number of nitrogens with one attached hydrogen (secondary N) is 1. The molecular weight excluding hydrogens is 227 g/mol. The molecule has 1 unspecified atom stereocenters. The molecule has 0 radical (unpaired) electrons. The Morgan fingerprint density at radius 2 is 2.06 bits per heavy atom. The molecule has 100 valence electrons. The third-order valence-electron chi connectivity index (χ3n) is 3.72. The van der Waals surface area contributed by atoms with Gasteiger partial charge >= 0.3 is 0 Å². The third kappa shape index (κ3) is 3.53. The Balaban J connectivity index is 1.79. The topological polar surface area (TPSA) is 15.3 Å². The molecule has 1 fully saturated rings. The van der Waals surface area contributed by atoms with Crippen LogP contribution in [0.3, 0.4) is 0 Å². The average molecular weight is 250 g/mol. The second-order valence-corrected chi connectivity index (χ2v) is 5.32. The van der Waals surface area contributed by atoms with Crippen molar-refractivity contribution in [1.29, 1.82) is 0 Å². The molecule has 0 spiro atoms. The molecule has 1 saturated heterocycles. The fraction of sp³-hybridized carbons (Fsp3) is 0.600. The summed E-state index contributed by atoms with van der Waals surface area (Å²) in [4.78, 5) is 2.50. The minimum Gasteiger partial charge on any atom is -0.311 e. The molecule has 0 amide bonds. The highest BCUT2D eigenvalue weighted by molar-refractivity contribution is 5.23. The Hall–Kier alpha value is -0.930. The molecule has 1 N–H and O–H groups in total. The van der Waals surface area contributed by atoms with Crippen LogP contribution in [0.5, 0.6) is 0 Å². The van der Waals surface area contributed by atoms with E-state index < -0.39 is 0 Å². The highest BCUT2D eigenvalue weighted by Gasteiger charge is 2.17. The molecule has 3 heteroatoms. The molecular formula is C15H23FN2. The Labute approximate surface area is 109 Å². The maximum Gasteiger partial charge on any atom is 0.127 e. The standard InChI is InChI=1S/C15H23FN2/c1-12-5-6-15(16)14(9-12)11-17-10-13(2)18-7-3-4-8-18/h5-6,9,13,17H,3-4,7-8,10-11H2,1-2H3. The summed E-state index contributed by atoms with van der Waals surface area (Å²) in [5.74, 6) is -0.109. The van der Waals surface area contributed by atoms with E-state index in [1.54, 1.807) is 6.07 Å². The highest BCUT2D eigenvalue weighted by atomic mass is 19.1.